The Bertz CT molecular complexity index is 2420. The number of fused-ring (bicyclic) bond motifs is 1. The molecular formula is C47H64N8O7S4. The maximum absolute atomic E-state index is 14.1. The molecule has 358 valence electrons. The Morgan fingerprint density at radius 1 is 0.848 bits per heavy atom. The third-order valence-corrected chi connectivity index (χ3v) is 11.0. The van der Waals surface area contributed by atoms with Gasteiger partial charge in [-0.05, 0) is 72.7 Å². The first-order valence-corrected chi connectivity index (χ1v) is 20.6. The van der Waals surface area contributed by atoms with Gasteiger partial charge >= 0.3 is 6.09 Å². The molecule has 19 heteroatoms. The molecule has 15 nitrogen and oxygen atoms in total. The number of alkyl carbamates (subject to hydrolysis) is 1. The summed E-state index contributed by atoms with van der Waals surface area (Å²) in [6.07, 6.45) is 4.20. The van der Waals surface area contributed by atoms with E-state index in [1.807, 2.05) is 105 Å². The summed E-state index contributed by atoms with van der Waals surface area (Å²) in [5.41, 5.74) is 4.96. The molecule has 0 spiro atoms. The van der Waals surface area contributed by atoms with Gasteiger partial charge in [0, 0.05) is 24.1 Å². The Labute approximate surface area is 415 Å². The monoisotopic (exact) mass is 980 g/mol. The van der Waals surface area contributed by atoms with Crippen molar-refractivity contribution in [3.8, 4) is 28.8 Å². The normalized spacial score (nSPS) is 17.2. The van der Waals surface area contributed by atoms with Crippen molar-refractivity contribution in [1.29, 1.82) is 0 Å². The number of nitrogens with zero attached hydrogens (tertiary/aromatic N) is 5. The Hall–Kier alpha value is -5.26. The second-order valence-electron chi connectivity index (χ2n) is 15.9. The molecule has 7 rings (SSSR count). The topological polar surface area (TPSA) is 176 Å². The maximum atomic E-state index is 14.1. The van der Waals surface area contributed by atoms with Crippen molar-refractivity contribution in [3.05, 3.63) is 102 Å². The summed E-state index contributed by atoms with van der Waals surface area (Å²) in [5.74, 6) is 8.11. The van der Waals surface area contributed by atoms with Gasteiger partial charge in [-0.15, -0.1) is 0 Å². The number of aromatic nitrogens is 4. The number of carbonyl (C=O) groups is 3. The number of hydrogen-bond donors (Lipinski definition) is 3. The summed E-state index contributed by atoms with van der Waals surface area (Å²) in [5, 5.41) is 2.72. The standard InChI is InChI=1S/C46H52N8O7.CH4.4H2S/c1-28(2)40(48-27-60-59-6)44(55)53-22-10-13-38(53)42-47-25-37(51-42)32-19-16-30(17-20-32)14-15-31-18-21-35-36(23-31)50-43(49-35)39-24-34(61-33-11-8-7-9-12-33)26-54(39)45(56)41(29(3)4)52-46(57)58-5;;;;;/h7-9,11-12,16-21,23,25,27-29,34,38-41H,10,13,22,24,26H2,1-6H3,(H,47,51)(H,49,50)(H,52,57);1H4;4*1H2/t34-,38+,39+,40+,41+;;;;;/m1...../s1. The quantitative estimate of drug-likeness (QED) is 0.0349. The van der Waals surface area contributed by atoms with E-state index in [9.17, 15) is 14.4 Å². The number of amides is 3. The molecule has 2 aliphatic heterocycles. The Balaban J connectivity index is 0.00000299. The molecule has 66 heavy (non-hydrogen) atoms. The lowest BCUT2D eigenvalue weighted by atomic mass is 10.0. The average Bonchev–Trinajstić information content (AvgIpc) is 4.10. The summed E-state index contributed by atoms with van der Waals surface area (Å²) < 4.78 is 11.1. The summed E-state index contributed by atoms with van der Waals surface area (Å²) in [7, 11) is 2.66. The number of ether oxygens (including phenoxy) is 2. The number of nitrogens with one attached hydrogen (secondary N) is 3. The molecule has 2 fully saturated rings. The minimum absolute atomic E-state index is 0. The van der Waals surface area contributed by atoms with E-state index >= 15 is 0 Å². The molecule has 4 heterocycles. The van der Waals surface area contributed by atoms with Crippen molar-refractivity contribution in [2.45, 2.75) is 84.7 Å². The fourth-order valence-corrected chi connectivity index (χ4v) is 7.89. The molecule has 3 amide bonds. The van der Waals surface area contributed by atoms with Crippen LogP contribution >= 0.6 is 54.0 Å². The smallest absolute Gasteiger partial charge is 0.407 e. The number of H-pyrrole nitrogens is 2. The Kier molecular flexibility index (Phi) is 22.6. The lowest BCUT2D eigenvalue weighted by Crippen LogP contribution is -2.51. The highest BCUT2D eigenvalue weighted by molar-refractivity contribution is 7.59. The zero-order valence-electron chi connectivity index (χ0n) is 37.3. The Morgan fingerprint density at radius 3 is 2.21 bits per heavy atom. The van der Waals surface area contributed by atoms with Gasteiger partial charge in [-0.3, -0.25) is 9.59 Å². The Morgan fingerprint density at radius 2 is 1.55 bits per heavy atom. The molecule has 0 bridgehead atoms. The summed E-state index contributed by atoms with van der Waals surface area (Å²) in [4.78, 5) is 73.7. The number of carbonyl (C=O) groups excluding carboxylic acids is 3. The molecular weight excluding hydrogens is 917 g/mol. The number of aliphatic imine (C=N–C) groups is 1. The summed E-state index contributed by atoms with van der Waals surface area (Å²) in [6.45, 7) is 8.63. The van der Waals surface area contributed by atoms with Crippen LogP contribution in [0.5, 0.6) is 5.75 Å². The van der Waals surface area contributed by atoms with Crippen LogP contribution in [0.4, 0.5) is 4.79 Å². The molecule has 2 aliphatic rings. The van der Waals surface area contributed by atoms with Crippen molar-refractivity contribution in [2.75, 3.05) is 27.3 Å². The van der Waals surface area contributed by atoms with Crippen LogP contribution in [-0.2, 0) is 24.1 Å². The van der Waals surface area contributed by atoms with E-state index in [-0.39, 0.29) is 97.2 Å². The van der Waals surface area contributed by atoms with Crippen molar-refractivity contribution < 1.29 is 33.6 Å². The molecule has 2 aromatic heterocycles. The van der Waals surface area contributed by atoms with Crippen LogP contribution in [0.3, 0.4) is 0 Å². The van der Waals surface area contributed by atoms with Gasteiger partial charge < -0.3 is 39.4 Å². The third kappa shape index (κ3) is 13.4. The van der Waals surface area contributed by atoms with Crippen molar-refractivity contribution in [1.82, 2.24) is 35.1 Å². The minimum atomic E-state index is -0.797. The minimum Gasteiger partial charge on any atom is -0.488 e. The molecule has 5 aromatic rings. The van der Waals surface area contributed by atoms with E-state index in [4.69, 9.17) is 19.3 Å². The van der Waals surface area contributed by atoms with E-state index in [2.05, 4.69) is 42.0 Å². The highest BCUT2D eigenvalue weighted by Crippen LogP contribution is 2.36. The lowest BCUT2D eigenvalue weighted by Gasteiger charge is -2.29. The van der Waals surface area contributed by atoms with Gasteiger partial charge in [-0.25, -0.2) is 19.8 Å². The molecule has 3 aromatic carbocycles. The van der Waals surface area contributed by atoms with E-state index in [1.165, 1.54) is 20.6 Å². The predicted octanol–water partition coefficient (Wildman–Crippen LogP) is 7.84. The third-order valence-electron chi connectivity index (χ3n) is 11.0. The van der Waals surface area contributed by atoms with Crippen LogP contribution in [0.1, 0.15) is 89.2 Å². The average molecular weight is 981 g/mol. The number of methoxy groups -OCH3 is 1. The van der Waals surface area contributed by atoms with Gasteiger partial charge in [0.25, 0.3) is 0 Å². The van der Waals surface area contributed by atoms with Crippen LogP contribution in [0.15, 0.2) is 84.0 Å². The fourth-order valence-electron chi connectivity index (χ4n) is 7.89. The number of imidazole rings is 2. The van der Waals surface area contributed by atoms with E-state index in [1.54, 1.807) is 11.1 Å². The predicted molar refractivity (Wildman–Crippen MR) is 277 cm³/mol. The van der Waals surface area contributed by atoms with Gasteiger partial charge in [-0.1, -0.05) is 77.3 Å². The van der Waals surface area contributed by atoms with Crippen LogP contribution in [0.2, 0.25) is 0 Å². The van der Waals surface area contributed by atoms with Gasteiger partial charge in [0.1, 0.15) is 35.6 Å². The first-order valence-electron chi connectivity index (χ1n) is 20.6. The first-order chi connectivity index (χ1) is 29.5. The summed E-state index contributed by atoms with van der Waals surface area (Å²) >= 11 is 0. The van der Waals surface area contributed by atoms with Crippen LogP contribution < -0.4 is 10.1 Å². The largest absolute Gasteiger partial charge is 0.488 e. The SMILES string of the molecule is C.COOC=N[C@H](C(=O)N1CCC[C@H]1c1ncc(-c2ccc(C#Cc3ccc4nc([C@@H]5C[C@@H](Oc6ccccc6)CN5C(=O)[C@@H](NC(=O)OC)C(C)C)[nH]c4c3)cc2)[nH]1)C(C)C.S.S.S.S. The van der Waals surface area contributed by atoms with Crippen LogP contribution in [-0.4, -0.2) is 99.5 Å². The maximum Gasteiger partial charge on any atom is 0.407 e. The molecule has 2 saturated heterocycles. The number of likely N-dealkylation sites (tertiary alicyclic amines) is 2. The van der Waals surface area contributed by atoms with Gasteiger partial charge in [-0.2, -0.15) is 58.9 Å². The molecule has 3 N–H and O–H groups in total. The number of rotatable bonds is 13. The fraction of sp³-hybridized carbons (Fsp3) is 0.404. The highest BCUT2D eigenvalue weighted by Gasteiger charge is 2.43. The number of hydrogen-bond acceptors (Lipinski definition) is 10. The molecule has 0 aliphatic carbocycles. The van der Waals surface area contributed by atoms with Crippen LogP contribution in [0, 0.1) is 23.7 Å². The molecule has 0 unspecified atom stereocenters. The van der Waals surface area contributed by atoms with E-state index < -0.39 is 24.2 Å². The number of aromatic amines is 2. The van der Waals surface area contributed by atoms with Crippen LogP contribution in [0.25, 0.3) is 22.3 Å². The molecule has 5 atom stereocenters. The van der Waals surface area contributed by atoms with Crippen molar-refractivity contribution in [2.24, 2.45) is 16.8 Å². The first kappa shape index (κ1) is 56.9. The highest BCUT2D eigenvalue weighted by atomic mass is 32.1. The number of benzene rings is 3. The lowest BCUT2D eigenvalue weighted by molar-refractivity contribution is -0.188. The summed E-state index contributed by atoms with van der Waals surface area (Å²) in [6, 6.07) is 21.2. The van der Waals surface area contributed by atoms with E-state index in [0.717, 1.165) is 52.1 Å². The van der Waals surface area contributed by atoms with Crippen molar-refractivity contribution in [3.63, 3.8) is 0 Å². The van der Waals surface area contributed by atoms with Crippen molar-refractivity contribution >= 4 is 89.3 Å². The molecule has 0 saturated carbocycles. The van der Waals surface area contributed by atoms with Gasteiger partial charge in [0.2, 0.25) is 18.2 Å². The molecule has 0 radical (unpaired) electrons. The van der Waals surface area contributed by atoms with E-state index in [0.29, 0.717) is 31.1 Å². The second kappa shape index (κ2) is 26.2. The number of para-hydroxylation sites is 1. The second-order valence-corrected chi connectivity index (χ2v) is 15.9. The van der Waals surface area contributed by atoms with Gasteiger partial charge in [0.05, 0.1) is 55.8 Å². The van der Waals surface area contributed by atoms with Gasteiger partial charge in [0.15, 0.2) is 0 Å². The zero-order chi connectivity index (χ0) is 43.0. The zero-order valence-corrected chi connectivity index (χ0v) is 41.3.